The van der Waals surface area contributed by atoms with Gasteiger partial charge < -0.3 is 23.8 Å². The van der Waals surface area contributed by atoms with Crippen LogP contribution in [0.15, 0.2) is 0 Å². The fourth-order valence-corrected chi connectivity index (χ4v) is 2.90. The fourth-order valence-electron chi connectivity index (χ4n) is 2.56. The maximum absolute atomic E-state index is 12.5. The Morgan fingerprint density at radius 1 is 0.684 bits per heavy atom. The number of rotatable bonds is 14. The van der Waals surface area contributed by atoms with E-state index in [0.717, 1.165) is 0 Å². The molecule has 1 aliphatic heterocycles. The van der Waals surface area contributed by atoms with Crippen molar-refractivity contribution in [2.24, 2.45) is 5.41 Å². The van der Waals surface area contributed by atoms with Crippen molar-refractivity contribution in [3.8, 4) is 0 Å². The summed E-state index contributed by atoms with van der Waals surface area (Å²) in [5, 5.41) is 0.374. The zero-order valence-electron chi connectivity index (χ0n) is 22.0. The van der Waals surface area contributed by atoms with E-state index in [0.29, 0.717) is 5.06 Å². The molecule has 12 nitrogen and oxygen atoms in total. The Bertz CT molecular complexity index is 842. The molecular formula is C23H32Br3NO11. The summed E-state index contributed by atoms with van der Waals surface area (Å²) in [6.45, 7) is 6.96. The number of ether oxygens (including phenoxy) is 4. The molecule has 1 aliphatic rings. The molecule has 0 atom stereocenters. The van der Waals surface area contributed by atoms with E-state index in [9.17, 15) is 28.8 Å². The SMILES string of the molecule is CC(C)(Br)C(=O)OCC(COCC(=O)ON1C(=O)CCC1=O)(COC(=O)C(C)(C)Br)COC(=O)C(C)(C)Br. The number of nitrogens with zero attached hydrogens (tertiary/aromatic N) is 1. The van der Waals surface area contributed by atoms with Crippen molar-refractivity contribution in [3.05, 3.63) is 0 Å². The van der Waals surface area contributed by atoms with Gasteiger partial charge in [-0.1, -0.05) is 47.8 Å². The van der Waals surface area contributed by atoms with Gasteiger partial charge >= 0.3 is 23.9 Å². The van der Waals surface area contributed by atoms with Crippen LogP contribution < -0.4 is 0 Å². The predicted molar refractivity (Wildman–Crippen MR) is 142 cm³/mol. The smallest absolute Gasteiger partial charge is 0.358 e. The number of halogens is 3. The first kappa shape index (κ1) is 34.4. The van der Waals surface area contributed by atoms with Crippen LogP contribution in [0.1, 0.15) is 54.4 Å². The van der Waals surface area contributed by atoms with Crippen LogP contribution in [0.5, 0.6) is 0 Å². The molecule has 0 radical (unpaired) electrons. The summed E-state index contributed by atoms with van der Waals surface area (Å²) < 4.78 is 18.5. The van der Waals surface area contributed by atoms with Gasteiger partial charge in [-0.05, 0) is 41.5 Å². The van der Waals surface area contributed by atoms with Gasteiger partial charge in [-0.3, -0.25) is 24.0 Å². The number of hydroxylamine groups is 2. The van der Waals surface area contributed by atoms with E-state index < -0.39 is 87.1 Å². The second-order valence-electron chi connectivity index (χ2n) is 10.2. The minimum atomic E-state index is -1.45. The second kappa shape index (κ2) is 13.7. The molecule has 0 saturated carbocycles. The minimum Gasteiger partial charge on any atom is -0.464 e. The van der Waals surface area contributed by atoms with Crippen LogP contribution in [-0.2, 0) is 52.6 Å². The first-order valence-electron chi connectivity index (χ1n) is 11.4. The molecule has 1 saturated heterocycles. The molecule has 1 heterocycles. The monoisotopic (exact) mass is 735 g/mol. The summed E-state index contributed by atoms with van der Waals surface area (Å²) >= 11 is 9.60. The summed E-state index contributed by atoms with van der Waals surface area (Å²) in [6.07, 6.45) is -0.147. The van der Waals surface area contributed by atoms with Gasteiger partial charge in [0.25, 0.3) is 11.8 Å². The van der Waals surface area contributed by atoms with Gasteiger partial charge in [0.2, 0.25) is 0 Å². The van der Waals surface area contributed by atoms with Gasteiger partial charge in [-0.25, -0.2) is 4.79 Å². The summed E-state index contributed by atoms with van der Waals surface area (Å²) in [6, 6.07) is 0. The molecule has 38 heavy (non-hydrogen) atoms. The molecule has 0 aromatic rings. The second-order valence-corrected chi connectivity index (χ2v) is 16.1. The number of carbonyl (C=O) groups is 6. The molecule has 0 aromatic carbocycles. The molecule has 0 N–H and O–H groups in total. The average Bonchev–Trinajstić information content (AvgIpc) is 3.09. The maximum atomic E-state index is 12.5. The molecule has 0 bridgehead atoms. The molecule has 1 fully saturated rings. The lowest BCUT2D eigenvalue weighted by atomic mass is 9.92. The zero-order chi connectivity index (χ0) is 29.5. The summed E-state index contributed by atoms with van der Waals surface area (Å²) in [5.74, 6) is -4.34. The molecule has 15 heteroatoms. The summed E-state index contributed by atoms with van der Waals surface area (Å²) in [4.78, 5) is 77.7. The van der Waals surface area contributed by atoms with Gasteiger partial charge in [0.1, 0.15) is 39.4 Å². The topological polar surface area (TPSA) is 152 Å². The Balaban J connectivity index is 3.11. The van der Waals surface area contributed by atoms with E-state index in [-0.39, 0.29) is 12.8 Å². The van der Waals surface area contributed by atoms with Crippen LogP contribution in [-0.4, -0.2) is 86.8 Å². The Hall–Kier alpha value is -1.58. The Labute approximate surface area is 246 Å². The first-order chi connectivity index (χ1) is 17.2. The highest BCUT2D eigenvalue weighted by Crippen LogP contribution is 2.28. The third kappa shape index (κ3) is 11.3. The molecule has 1 rings (SSSR count). The highest BCUT2D eigenvalue weighted by atomic mass is 79.9. The van der Waals surface area contributed by atoms with Crippen molar-refractivity contribution in [2.45, 2.75) is 67.4 Å². The Morgan fingerprint density at radius 2 is 1.03 bits per heavy atom. The van der Waals surface area contributed by atoms with E-state index >= 15 is 0 Å². The van der Waals surface area contributed by atoms with E-state index in [2.05, 4.69) is 47.8 Å². The number of amides is 2. The Kier molecular flexibility index (Phi) is 12.4. The van der Waals surface area contributed by atoms with E-state index in [4.69, 9.17) is 23.8 Å². The Morgan fingerprint density at radius 3 is 1.34 bits per heavy atom. The van der Waals surface area contributed by atoms with Crippen LogP contribution in [0.3, 0.4) is 0 Å². The van der Waals surface area contributed by atoms with Crippen LogP contribution in [0.25, 0.3) is 0 Å². The molecule has 2 amide bonds. The third-order valence-corrected chi connectivity index (χ3v) is 5.78. The molecular weight excluding hydrogens is 706 g/mol. The van der Waals surface area contributed by atoms with Crippen LogP contribution >= 0.6 is 47.8 Å². The number of hydrogen-bond donors (Lipinski definition) is 0. The van der Waals surface area contributed by atoms with Gasteiger partial charge in [0.15, 0.2) is 0 Å². The van der Waals surface area contributed by atoms with Crippen LogP contribution in [0.2, 0.25) is 0 Å². The maximum Gasteiger partial charge on any atom is 0.358 e. The fraction of sp³-hybridized carbons (Fsp3) is 0.739. The van der Waals surface area contributed by atoms with Crippen molar-refractivity contribution < 1.29 is 52.6 Å². The lowest BCUT2D eigenvalue weighted by molar-refractivity contribution is -0.202. The number of carbonyl (C=O) groups excluding carboxylic acids is 6. The quantitative estimate of drug-likeness (QED) is 0.112. The van der Waals surface area contributed by atoms with Crippen molar-refractivity contribution in [2.75, 3.05) is 33.0 Å². The lowest BCUT2D eigenvalue weighted by Gasteiger charge is -2.34. The molecule has 0 aromatic heterocycles. The number of alkyl halides is 3. The van der Waals surface area contributed by atoms with Gasteiger partial charge in [0, 0.05) is 12.8 Å². The number of esters is 3. The summed E-state index contributed by atoms with van der Waals surface area (Å²) in [7, 11) is 0. The van der Waals surface area contributed by atoms with Crippen molar-refractivity contribution in [1.29, 1.82) is 0 Å². The van der Waals surface area contributed by atoms with Crippen LogP contribution in [0, 0.1) is 5.41 Å². The molecule has 216 valence electrons. The van der Waals surface area contributed by atoms with Crippen molar-refractivity contribution in [1.82, 2.24) is 5.06 Å². The zero-order valence-corrected chi connectivity index (χ0v) is 26.8. The molecule has 0 unspecified atom stereocenters. The van der Waals surface area contributed by atoms with Crippen molar-refractivity contribution >= 4 is 83.5 Å². The first-order valence-corrected chi connectivity index (χ1v) is 13.8. The van der Waals surface area contributed by atoms with E-state index in [1.54, 1.807) is 41.5 Å². The van der Waals surface area contributed by atoms with Gasteiger partial charge in [-0.2, -0.15) is 0 Å². The third-order valence-electron chi connectivity index (χ3n) is 4.81. The van der Waals surface area contributed by atoms with Gasteiger partial charge in [0.05, 0.1) is 12.0 Å². The summed E-state index contributed by atoms with van der Waals surface area (Å²) in [5.41, 5.74) is -1.45. The van der Waals surface area contributed by atoms with Crippen LogP contribution in [0.4, 0.5) is 0 Å². The highest BCUT2D eigenvalue weighted by Gasteiger charge is 2.41. The van der Waals surface area contributed by atoms with E-state index in [1.807, 2.05) is 0 Å². The number of hydrogen-bond acceptors (Lipinski definition) is 11. The molecule has 0 aliphatic carbocycles. The standard InChI is InChI=1S/C23H32Br3NO11/c1-20(2,24)17(31)35-11-23(12-36-18(32)21(3,4)25,13-37-19(33)22(5,6)26)10-34-9-16(30)38-27-14(28)7-8-15(27)29/h7-13H2,1-6H3. The average molecular weight is 738 g/mol. The van der Waals surface area contributed by atoms with Crippen molar-refractivity contribution in [3.63, 3.8) is 0 Å². The largest absolute Gasteiger partial charge is 0.464 e. The predicted octanol–water partition coefficient (Wildman–Crippen LogP) is 2.75. The highest BCUT2D eigenvalue weighted by molar-refractivity contribution is 9.10. The van der Waals surface area contributed by atoms with E-state index in [1.165, 1.54) is 0 Å². The normalized spacial score (nSPS) is 14.8. The van der Waals surface area contributed by atoms with Gasteiger partial charge in [-0.15, -0.1) is 5.06 Å². The molecule has 0 spiro atoms. The number of imide groups is 1. The lowest BCUT2D eigenvalue weighted by Crippen LogP contribution is -2.46. The minimum absolute atomic E-state index is 0.0735.